The van der Waals surface area contributed by atoms with Crippen LogP contribution in [-0.2, 0) is 0 Å². The molecule has 0 amide bonds. The molecular formula is C18H14O3. The number of rotatable bonds is 2. The van der Waals surface area contributed by atoms with Crippen LogP contribution in [0.2, 0.25) is 0 Å². The van der Waals surface area contributed by atoms with E-state index in [-0.39, 0.29) is 17.2 Å². The van der Waals surface area contributed by atoms with Crippen molar-refractivity contribution >= 4 is 0 Å². The Bertz CT molecular complexity index is 756. The largest absolute Gasteiger partial charge is 0.508 e. The van der Waals surface area contributed by atoms with E-state index in [1.807, 2.05) is 36.4 Å². The van der Waals surface area contributed by atoms with Gasteiger partial charge in [-0.3, -0.25) is 0 Å². The second kappa shape index (κ2) is 5.21. The van der Waals surface area contributed by atoms with Gasteiger partial charge in [-0.05, 0) is 52.6 Å². The predicted molar refractivity (Wildman–Crippen MR) is 82.3 cm³/mol. The summed E-state index contributed by atoms with van der Waals surface area (Å²) in [5.74, 6) is 0.285. The Kier molecular flexibility index (Phi) is 3.24. The summed E-state index contributed by atoms with van der Waals surface area (Å²) in [5, 5.41) is 28.5. The molecule has 0 radical (unpaired) electrons. The van der Waals surface area contributed by atoms with Gasteiger partial charge in [0.25, 0.3) is 0 Å². The van der Waals surface area contributed by atoms with Crippen LogP contribution >= 0.6 is 0 Å². The number of hydrogen-bond acceptors (Lipinski definition) is 3. The Balaban J connectivity index is 2.05. The lowest BCUT2D eigenvalue weighted by Crippen LogP contribution is -1.81. The van der Waals surface area contributed by atoms with E-state index in [9.17, 15) is 15.3 Å². The highest BCUT2D eigenvalue weighted by molar-refractivity contribution is 5.74. The molecule has 0 fully saturated rings. The smallest absolute Gasteiger partial charge is 0.119 e. The molecule has 0 aliphatic heterocycles. The van der Waals surface area contributed by atoms with Gasteiger partial charge in [0.15, 0.2) is 0 Å². The summed E-state index contributed by atoms with van der Waals surface area (Å²) in [6, 6.07) is 19.3. The molecule has 0 unspecified atom stereocenters. The molecule has 21 heavy (non-hydrogen) atoms. The minimum absolute atomic E-state index is 0.0278. The molecule has 3 rings (SSSR count). The highest BCUT2D eigenvalue weighted by atomic mass is 16.3. The first kappa shape index (κ1) is 13.1. The third kappa shape index (κ3) is 2.82. The summed E-state index contributed by atoms with van der Waals surface area (Å²) in [6.07, 6.45) is 0. The molecule has 3 aromatic carbocycles. The van der Waals surface area contributed by atoms with Gasteiger partial charge in [0.2, 0.25) is 0 Å². The lowest BCUT2D eigenvalue weighted by molar-refractivity contribution is 0.451. The minimum atomic E-state index is 0.0278. The summed E-state index contributed by atoms with van der Waals surface area (Å²) < 4.78 is 0. The van der Waals surface area contributed by atoms with Gasteiger partial charge in [0.05, 0.1) is 0 Å². The van der Waals surface area contributed by atoms with Gasteiger partial charge in [-0.1, -0.05) is 30.3 Å². The average Bonchev–Trinajstić information content (AvgIpc) is 2.47. The van der Waals surface area contributed by atoms with Crippen molar-refractivity contribution in [2.75, 3.05) is 0 Å². The molecule has 0 saturated heterocycles. The zero-order valence-corrected chi connectivity index (χ0v) is 11.2. The molecule has 0 saturated carbocycles. The van der Waals surface area contributed by atoms with Crippen molar-refractivity contribution in [3.63, 3.8) is 0 Å². The van der Waals surface area contributed by atoms with Crippen LogP contribution in [0.1, 0.15) is 0 Å². The zero-order valence-electron chi connectivity index (χ0n) is 11.2. The third-order valence-corrected chi connectivity index (χ3v) is 3.30. The van der Waals surface area contributed by atoms with Gasteiger partial charge < -0.3 is 15.3 Å². The first-order chi connectivity index (χ1) is 10.1. The van der Waals surface area contributed by atoms with Crippen LogP contribution in [0.15, 0.2) is 66.7 Å². The number of phenols is 3. The topological polar surface area (TPSA) is 60.7 Å². The van der Waals surface area contributed by atoms with Crippen LogP contribution in [0.25, 0.3) is 22.3 Å². The van der Waals surface area contributed by atoms with Crippen LogP contribution < -0.4 is 0 Å². The second-order valence-electron chi connectivity index (χ2n) is 4.87. The van der Waals surface area contributed by atoms with Crippen LogP contribution in [0, 0.1) is 0 Å². The van der Waals surface area contributed by atoms with Crippen LogP contribution in [-0.4, -0.2) is 15.3 Å². The molecular weight excluding hydrogens is 264 g/mol. The monoisotopic (exact) mass is 278 g/mol. The normalized spacial score (nSPS) is 10.5. The summed E-state index contributed by atoms with van der Waals surface area (Å²) in [4.78, 5) is 0. The first-order valence-corrected chi connectivity index (χ1v) is 6.55. The highest BCUT2D eigenvalue weighted by Gasteiger charge is 2.04. The third-order valence-electron chi connectivity index (χ3n) is 3.30. The number of aromatic hydroxyl groups is 3. The lowest BCUT2D eigenvalue weighted by Gasteiger charge is -2.07. The van der Waals surface area contributed by atoms with Crippen molar-refractivity contribution in [3.05, 3.63) is 66.7 Å². The summed E-state index contributed by atoms with van der Waals surface area (Å²) >= 11 is 0. The molecule has 0 aromatic heterocycles. The summed E-state index contributed by atoms with van der Waals surface area (Å²) in [5.41, 5.74) is 3.62. The molecule has 0 heterocycles. The number of benzene rings is 3. The van der Waals surface area contributed by atoms with Crippen LogP contribution in [0.3, 0.4) is 0 Å². The van der Waals surface area contributed by atoms with E-state index in [4.69, 9.17) is 0 Å². The SMILES string of the molecule is Oc1ccc(-c2cccc(-c3cc(O)cc(O)c3)c2)cc1. The quantitative estimate of drug-likeness (QED) is 0.660. The minimum Gasteiger partial charge on any atom is -0.508 e. The number of hydrogen-bond donors (Lipinski definition) is 3. The Morgan fingerprint density at radius 2 is 1.00 bits per heavy atom. The van der Waals surface area contributed by atoms with Crippen molar-refractivity contribution in [2.45, 2.75) is 0 Å². The summed E-state index contributed by atoms with van der Waals surface area (Å²) in [7, 11) is 0. The maximum atomic E-state index is 9.58. The molecule has 0 aliphatic rings. The van der Waals surface area contributed by atoms with Gasteiger partial charge in [-0.25, -0.2) is 0 Å². The molecule has 3 N–H and O–H groups in total. The van der Waals surface area contributed by atoms with E-state index < -0.39 is 0 Å². The van der Waals surface area contributed by atoms with E-state index in [0.717, 1.165) is 22.3 Å². The van der Waals surface area contributed by atoms with Gasteiger partial charge in [0.1, 0.15) is 17.2 Å². The lowest BCUT2D eigenvalue weighted by atomic mass is 9.99. The molecule has 104 valence electrons. The fourth-order valence-corrected chi connectivity index (χ4v) is 2.29. The highest BCUT2D eigenvalue weighted by Crippen LogP contribution is 2.31. The molecule has 3 nitrogen and oxygen atoms in total. The fraction of sp³-hybridized carbons (Fsp3) is 0. The van der Waals surface area contributed by atoms with Crippen molar-refractivity contribution in [3.8, 4) is 39.5 Å². The van der Waals surface area contributed by atoms with E-state index in [1.165, 1.54) is 6.07 Å². The molecule has 3 heteroatoms. The van der Waals surface area contributed by atoms with Crippen LogP contribution in [0.5, 0.6) is 17.2 Å². The Morgan fingerprint density at radius 1 is 0.429 bits per heavy atom. The van der Waals surface area contributed by atoms with Crippen molar-refractivity contribution in [1.82, 2.24) is 0 Å². The van der Waals surface area contributed by atoms with E-state index in [0.29, 0.717) is 0 Å². The second-order valence-corrected chi connectivity index (χ2v) is 4.87. The van der Waals surface area contributed by atoms with Gasteiger partial charge >= 0.3 is 0 Å². The van der Waals surface area contributed by atoms with E-state index in [1.54, 1.807) is 24.3 Å². The maximum Gasteiger partial charge on any atom is 0.119 e. The molecule has 0 bridgehead atoms. The summed E-state index contributed by atoms with van der Waals surface area (Å²) in [6.45, 7) is 0. The zero-order chi connectivity index (χ0) is 14.8. The predicted octanol–water partition coefficient (Wildman–Crippen LogP) is 4.14. The van der Waals surface area contributed by atoms with E-state index >= 15 is 0 Å². The number of phenolic OH excluding ortho intramolecular Hbond substituents is 3. The standard InChI is InChI=1S/C18H14O3/c19-16-6-4-12(5-7-16)13-2-1-3-14(8-13)15-9-17(20)11-18(21)10-15/h1-11,19-21H. The van der Waals surface area contributed by atoms with Crippen LogP contribution in [0.4, 0.5) is 0 Å². The first-order valence-electron chi connectivity index (χ1n) is 6.55. The fourth-order valence-electron chi connectivity index (χ4n) is 2.29. The van der Waals surface area contributed by atoms with Crippen molar-refractivity contribution in [1.29, 1.82) is 0 Å². The Hall–Kier alpha value is -2.94. The van der Waals surface area contributed by atoms with E-state index in [2.05, 4.69) is 0 Å². The van der Waals surface area contributed by atoms with Gasteiger partial charge in [-0.15, -0.1) is 0 Å². The maximum absolute atomic E-state index is 9.58. The van der Waals surface area contributed by atoms with Gasteiger partial charge in [0, 0.05) is 6.07 Å². The Morgan fingerprint density at radius 3 is 1.62 bits per heavy atom. The van der Waals surface area contributed by atoms with Crippen molar-refractivity contribution < 1.29 is 15.3 Å². The average molecular weight is 278 g/mol. The molecule has 0 atom stereocenters. The molecule has 0 aliphatic carbocycles. The Labute approximate surface area is 122 Å². The molecule has 0 spiro atoms. The van der Waals surface area contributed by atoms with Gasteiger partial charge in [-0.2, -0.15) is 0 Å². The van der Waals surface area contributed by atoms with Crippen molar-refractivity contribution in [2.24, 2.45) is 0 Å². The molecule has 3 aromatic rings.